The Kier molecular flexibility index (Phi) is 6.01. The SMILES string of the molecule is C=C([C@H](C)Nc1cc(N)nc(N)n1)N(C(=O)c1c(C)cccc1C)c1ccccc1. The number of hydrogen-bond donors (Lipinski definition) is 3. The van der Waals surface area contributed by atoms with Crippen LogP contribution in [0.25, 0.3) is 0 Å². The molecule has 154 valence electrons. The number of anilines is 4. The first kappa shape index (κ1) is 20.9. The monoisotopic (exact) mass is 402 g/mol. The number of carbonyl (C=O) groups is 1. The van der Waals surface area contributed by atoms with E-state index in [0.717, 1.165) is 16.8 Å². The number of para-hydroxylation sites is 1. The normalized spacial score (nSPS) is 11.6. The van der Waals surface area contributed by atoms with Crippen LogP contribution in [-0.2, 0) is 0 Å². The number of hydrogen-bond acceptors (Lipinski definition) is 6. The molecule has 0 aliphatic carbocycles. The maximum atomic E-state index is 13.7. The summed E-state index contributed by atoms with van der Waals surface area (Å²) in [5.74, 6) is 0.648. The molecule has 0 saturated carbocycles. The molecule has 3 rings (SSSR count). The number of carbonyl (C=O) groups excluding carboxylic acids is 1. The number of amides is 1. The van der Waals surface area contributed by atoms with Gasteiger partial charge in [0.05, 0.1) is 6.04 Å². The lowest BCUT2D eigenvalue weighted by Gasteiger charge is -2.30. The third-order valence-corrected chi connectivity index (χ3v) is 4.83. The quantitative estimate of drug-likeness (QED) is 0.576. The molecular formula is C23H26N6O. The molecule has 1 aromatic heterocycles. The minimum Gasteiger partial charge on any atom is -0.383 e. The van der Waals surface area contributed by atoms with Gasteiger partial charge in [-0.1, -0.05) is 43.0 Å². The van der Waals surface area contributed by atoms with Gasteiger partial charge in [0.2, 0.25) is 5.95 Å². The van der Waals surface area contributed by atoms with Gasteiger partial charge in [-0.3, -0.25) is 9.69 Å². The van der Waals surface area contributed by atoms with E-state index in [-0.39, 0.29) is 23.7 Å². The van der Waals surface area contributed by atoms with Gasteiger partial charge in [-0.15, -0.1) is 0 Å². The number of aryl methyl sites for hydroxylation is 2. The zero-order chi connectivity index (χ0) is 21.8. The van der Waals surface area contributed by atoms with Gasteiger partial charge >= 0.3 is 0 Å². The van der Waals surface area contributed by atoms with Crippen LogP contribution in [0.2, 0.25) is 0 Å². The number of nitrogen functional groups attached to an aromatic ring is 2. The summed E-state index contributed by atoms with van der Waals surface area (Å²) in [6, 6.07) is 16.5. The fourth-order valence-electron chi connectivity index (χ4n) is 3.31. The number of nitrogens with zero attached hydrogens (tertiary/aromatic N) is 3. The van der Waals surface area contributed by atoms with Crippen molar-refractivity contribution in [3.05, 3.63) is 83.6 Å². The van der Waals surface area contributed by atoms with Crippen LogP contribution in [0.15, 0.2) is 66.9 Å². The van der Waals surface area contributed by atoms with Gasteiger partial charge in [-0.05, 0) is 44.0 Å². The summed E-state index contributed by atoms with van der Waals surface area (Å²) < 4.78 is 0. The molecule has 7 heteroatoms. The summed E-state index contributed by atoms with van der Waals surface area (Å²) in [4.78, 5) is 23.3. The van der Waals surface area contributed by atoms with E-state index in [0.29, 0.717) is 17.1 Å². The Bertz CT molecular complexity index is 1040. The van der Waals surface area contributed by atoms with Gasteiger partial charge < -0.3 is 16.8 Å². The number of aromatic nitrogens is 2. The van der Waals surface area contributed by atoms with Crippen LogP contribution in [0, 0.1) is 13.8 Å². The zero-order valence-corrected chi connectivity index (χ0v) is 17.4. The fourth-order valence-corrected chi connectivity index (χ4v) is 3.31. The van der Waals surface area contributed by atoms with Gasteiger partial charge in [0.15, 0.2) is 0 Å². The van der Waals surface area contributed by atoms with Crippen molar-refractivity contribution < 1.29 is 4.79 Å². The van der Waals surface area contributed by atoms with E-state index >= 15 is 0 Å². The first-order valence-corrected chi connectivity index (χ1v) is 9.59. The van der Waals surface area contributed by atoms with Crippen LogP contribution >= 0.6 is 0 Å². The molecule has 1 atom stereocenters. The highest BCUT2D eigenvalue weighted by molar-refractivity contribution is 6.10. The predicted octanol–water partition coefficient (Wildman–Crippen LogP) is 3.92. The molecule has 1 amide bonds. The Morgan fingerprint density at radius 1 is 1.03 bits per heavy atom. The van der Waals surface area contributed by atoms with Crippen molar-refractivity contribution in [2.24, 2.45) is 0 Å². The first-order valence-electron chi connectivity index (χ1n) is 9.59. The van der Waals surface area contributed by atoms with Crippen LogP contribution < -0.4 is 21.7 Å². The molecule has 0 unspecified atom stereocenters. The summed E-state index contributed by atoms with van der Waals surface area (Å²) in [7, 11) is 0. The zero-order valence-electron chi connectivity index (χ0n) is 17.4. The van der Waals surface area contributed by atoms with E-state index in [1.54, 1.807) is 11.0 Å². The van der Waals surface area contributed by atoms with E-state index in [4.69, 9.17) is 11.5 Å². The summed E-state index contributed by atoms with van der Waals surface area (Å²) >= 11 is 0. The lowest BCUT2D eigenvalue weighted by Crippen LogP contribution is -2.37. The second-order valence-corrected chi connectivity index (χ2v) is 7.14. The molecule has 0 aliphatic rings. The fraction of sp³-hybridized carbons (Fsp3) is 0.174. The second-order valence-electron chi connectivity index (χ2n) is 7.14. The Hall–Kier alpha value is -3.87. The Labute approximate surface area is 176 Å². The van der Waals surface area contributed by atoms with Crippen molar-refractivity contribution >= 4 is 29.2 Å². The highest BCUT2D eigenvalue weighted by Crippen LogP contribution is 2.27. The molecule has 0 fully saturated rings. The molecule has 7 nitrogen and oxygen atoms in total. The van der Waals surface area contributed by atoms with Gasteiger partial charge in [0.25, 0.3) is 5.91 Å². The Balaban J connectivity index is 1.98. The maximum Gasteiger partial charge on any atom is 0.263 e. The topological polar surface area (TPSA) is 110 Å². The van der Waals surface area contributed by atoms with Crippen LogP contribution in [0.4, 0.5) is 23.3 Å². The lowest BCUT2D eigenvalue weighted by atomic mass is 10.0. The second kappa shape index (κ2) is 8.65. The van der Waals surface area contributed by atoms with E-state index in [1.165, 1.54) is 0 Å². The molecule has 0 spiro atoms. The third kappa shape index (κ3) is 4.41. The van der Waals surface area contributed by atoms with Crippen LogP contribution in [0.5, 0.6) is 0 Å². The van der Waals surface area contributed by atoms with E-state index < -0.39 is 0 Å². The number of benzene rings is 2. The molecular weight excluding hydrogens is 376 g/mol. The highest BCUT2D eigenvalue weighted by atomic mass is 16.2. The number of rotatable bonds is 6. The first-order chi connectivity index (χ1) is 14.3. The summed E-state index contributed by atoms with van der Waals surface area (Å²) in [6.07, 6.45) is 0. The molecule has 0 saturated heterocycles. The summed E-state index contributed by atoms with van der Waals surface area (Å²) in [5.41, 5.74) is 15.2. The minimum absolute atomic E-state index is 0.0711. The van der Waals surface area contributed by atoms with Crippen molar-refractivity contribution in [2.45, 2.75) is 26.8 Å². The van der Waals surface area contributed by atoms with Crippen LogP contribution in [0.3, 0.4) is 0 Å². The van der Waals surface area contributed by atoms with E-state index in [2.05, 4.69) is 21.9 Å². The Morgan fingerprint density at radius 2 is 1.67 bits per heavy atom. The maximum absolute atomic E-state index is 13.7. The minimum atomic E-state index is -0.341. The summed E-state index contributed by atoms with van der Waals surface area (Å²) in [6.45, 7) is 9.97. The summed E-state index contributed by atoms with van der Waals surface area (Å²) in [5, 5.41) is 3.20. The molecule has 0 radical (unpaired) electrons. The average molecular weight is 403 g/mol. The molecule has 3 aromatic rings. The average Bonchev–Trinajstić information content (AvgIpc) is 2.68. The highest BCUT2D eigenvalue weighted by Gasteiger charge is 2.26. The van der Waals surface area contributed by atoms with Crippen molar-refractivity contribution in [1.29, 1.82) is 0 Å². The Morgan fingerprint density at radius 3 is 2.27 bits per heavy atom. The van der Waals surface area contributed by atoms with E-state index in [1.807, 2.05) is 69.3 Å². The van der Waals surface area contributed by atoms with Gasteiger partial charge in [-0.25, -0.2) is 0 Å². The standard InChI is InChI=1S/C23H26N6O/c1-14-9-8-10-15(2)21(14)22(30)29(18-11-6-5-7-12-18)17(4)16(3)26-20-13-19(24)27-23(25)28-20/h5-13,16H,4H2,1-3H3,(H5,24,25,26,27,28)/t16-/m0/s1. The molecule has 2 aromatic carbocycles. The number of nitrogens with one attached hydrogen (secondary N) is 1. The van der Waals surface area contributed by atoms with E-state index in [9.17, 15) is 4.79 Å². The molecule has 5 N–H and O–H groups in total. The molecule has 0 aliphatic heterocycles. The van der Waals surface area contributed by atoms with Crippen molar-refractivity contribution in [2.75, 3.05) is 21.7 Å². The molecule has 0 bridgehead atoms. The van der Waals surface area contributed by atoms with Gasteiger partial charge in [0, 0.05) is 23.0 Å². The molecule has 1 heterocycles. The largest absolute Gasteiger partial charge is 0.383 e. The lowest BCUT2D eigenvalue weighted by molar-refractivity contribution is 0.0992. The third-order valence-electron chi connectivity index (χ3n) is 4.83. The van der Waals surface area contributed by atoms with Gasteiger partial charge in [0.1, 0.15) is 11.6 Å². The molecule has 30 heavy (non-hydrogen) atoms. The predicted molar refractivity (Wildman–Crippen MR) is 122 cm³/mol. The van der Waals surface area contributed by atoms with Crippen LogP contribution in [-0.4, -0.2) is 21.9 Å². The van der Waals surface area contributed by atoms with Crippen molar-refractivity contribution in [3.63, 3.8) is 0 Å². The van der Waals surface area contributed by atoms with Crippen molar-refractivity contribution in [1.82, 2.24) is 9.97 Å². The smallest absolute Gasteiger partial charge is 0.263 e. The van der Waals surface area contributed by atoms with Crippen LogP contribution in [0.1, 0.15) is 28.4 Å². The van der Waals surface area contributed by atoms with Crippen molar-refractivity contribution in [3.8, 4) is 0 Å². The van der Waals surface area contributed by atoms with Gasteiger partial charge in [-0.2, -0.15) is 9.97 Å². The number of nitrogens with two attached hydrogens (primary N) is 2.